The molecule has 1 heterocycles. The molecule has 0 spiro atoms. The third-order valence-corrected chi connectivity index (χ3v) is 8.47. The van der Waals surface area contributed by atoms with Crippen LogP contribution >= 0.6 is 23.2 Å². The Morgan fingerprint density at radius 1 is 0.947 bits per heavy atom. The highest BCUT2D eigenvalue weighted by atomic mass is 35.5. The number of nitrogens with zero attached hydrogens (tertiary/aromatic N) is 2. The van der Waals surface area contributed by atoms with Gasteiger partial charge in [0.05, 0.1) is 15.6 Å². The maximum absolute atomic E-state index is 13.2. The molecule has 1 saturated heterocycles. The van der Waals surface area contributed by atoms with Gasteiger partial charge in [0.1, 0.15) is 0 Å². The van der Waals surface area contributed by atoms with Crippen LogP contribution < -0.4 is 5.32 Å². The predicted octanol–water partition coefficient (Wildman–Crippen LogP) is 6.71. The van der Waals surface area contributed by atoms with Crippen LogP contribution in [-0.2, 0) is 10.3 Å². The molecule has 5 nitrogen and oxygen atoms in total. The van der Waals surface area contributed by atoms with E-state index in [4.69, 9.17) is 23.2 Å². The molecule has 4 rings (SSSR count). The standard InChI is InChI=1S/C31H35Cl2N3O2/c1-22(35(3)30(38)24-10-6-4-7-11-24)20-29(25-14-15-27(32)28(33)21-25)36-18-16-31(17-19-36,34-23(2)37)26-12-8-5-9-13-26/h4-15,21-22,29H,16-20H2,1-3H3,(H,34,37). The SMILES string of the molecule is CC(=O)NC1(c2ccccc2)CCN(C(CC(C)N(C)C(=O)c2ccccc2)c2ccc(Cl)c(Cl)c2)CC1. The van der Waals surface area contributed by atoms with Gasteiger partial charge in [-0.3, -0.25) is 14.5 Å². The molecule has 38 heavy (non-hydrogen) atoms. The minimum Gasteiger partial charge on any atom is -0.347 e. The second-order valence-electron chi connectivity index (χ2n) is 10.2. The maximum atomic E-state index is 13.2. The van der Waals surface area contributed by atoms with Crippen molar-refractivity contribution in [3.63, 3.8) is 0 Å². The molecular weight excluding hydrogens is 517 g/mol. The van der Waals surface area contributed by atoms with E-state index in [1.54, 1.807) is 6.92 Å². The third kappa shape index (κ3) is 6.40. The molecule has 1 aliphatic rings. The summed E-state index contributed by atoms with van der Waals surface area (Å²) < 4.78 is 0. The molecule has 1 N–H and O–H groups in total. The summed E-state index contributed by atoms with van der Waals surface area (Å²) in [6, 6.07) is 25.4. The lowest BCUT2D eigenvalue weighted by atomic mass is 9.79. The Kier molecular flexibility index (Phi) is 9.14. The minimum absolute atomic E-state index is 0.00149. The molecular formula is C31H35Cl2N3O2. The Morgan fingerprint density at radius 3 is 2.13 bits per heavy atom. The van der Waals surface area contributed by atoms with Gasteiger partial charge in [-0.1, -0.05) is 77.8 Å². The quantitative estimate of drug-likeness (QED) is 0.338. The van der Waals surface area contributed by atoms with Gasteiger partial charge < -0.3 is 10.2 Å². The fourth-order valence-electron chi connectivity index (χ4n) is 5.48. The van der Waals surface area contributed by atoms with Crippen LogP contribution in [0.2, 0.25) is 10.0 Å². The zero-order chi connectivity index (χ0) is 27.3. The van der Waals surface area contributed by atoms with E-state index >= 15 is 0 Å². The number of carbonyl (C=O) groups excluding carboxylic acids is 2. The molecule has 1 fully saturated rings. The van der Waals surface area contributed by atoms with E-state index < -0.39 is 5.54 Å². The Labute approximate surface area is 235 Å². The summed E-state index contributed by atoms with van der Waals surface area (Å²) in [6.45, 7) is 5.23. The van der Waals surface area contributed by atoms with Gasteiger partial charge in [-0.2, -0.15) is 0 Å². The highest BCUT2D eigenvalue weighted by Crippen LogP contribution is 2.39. The number of piperidine rings is 1. The van der Waals surface area contributed by atoms with Crippen molar-refractivity contribution in [1.82, 2.24) is 15.1 Å². The normalized spacial score (nSPS) is 16.9. The summed E-state index contributed by atoms with van der Waals surface area (Å²) in [7, 11) is 1.86. The molecule has 0 saturated carbocycles. The van der Waals surface area contributed by atoms with Crippen molar-refractivity contribution >= 4 is 35.0 Å². The molecule has 1 aliphatic heterocycles. The number of halogens is 2. The molecule has 7 heteroatoms. The Bertz CT molecular complexity index is 1240. The lowest BCUT2D eigenvalue weighted by molar-refractivity contribution is -0.121. The van der Waals surface area contributed by atoms with Crippen molar-refractivity contribution in [2.75, 3.05) is 20.1 Å². The first-order valence-corrected chi connectivity index (χ1v) is 13.8. The maximum Gasteiger partial charge on any atom is 0.253 e. The minimum atomic E-state index is -0.405. The van der Waals surface area contributed by atoms with Crippen molar-refractivity contribution in [3.8, 4) is 0 Å². The van der Waals surface area contributed by atoms with Gasteiger partial charge in [-0.05, 0) is 61.6 Å². The molecule has 200 valence electrons. The van der Waals surface area contributed by atoms with Crippen molar-refractivity contribution in [3.05, 3.63) is 106 Å². The topological polar surface area (TPSA) is 52.7 Å². The van der Waals surface area contributed by atoms with Crippen molar-refractivity contribution in [2.24, 2.45) is 0 Å². The molecule has 0 radical (unpaired) electrons. The number of nitrogens with one attached hydrogen (secondary N) is 1. The number of benzene rings is 3. The summed E-state index contributed by atoms with van der Waals surface area (Å²) in [4.78, 5) is 29.6. The monoisotopic (exact) mass is 551 g/mol. The summed E-state index contributed by atoms with van der Waals surface area (Å²) in [6.07, 6.45) is 2.29. The van der Waals surface area contributed by atoms with Crippen LogP contribution in [0, 0.1) is 0 Å². The number of hydrogen-bond acceptors (Lipinski definition) is 3. The average Bonchev–Trinajstić information content (AvgIpc) is 2.93. The second kappa shape index (κ2) is 12.3. The molecule has 3 aromatic carbocycles. The van der Waals surface area contributed by atoms with Crippen LogP contribution in [0.15, 0.2) is 78.9 Å². The van der Waals surface area contributed by atoms with Crippen LogP contribution in [0.4, 0.5) is 0 Å². The highest BCUT2D eigenvalue weighted by molar-refractivity contribution is 6.42. The summed E-state index contributed by atoms with van der Waals surface area (Å²) >= 11 is 12.7. The molecule has 2 amide bonds. The lowest BCUT2D eigenvalue weighted by Crippen LogP contribution is -2.53. The van der Waals surface area contributed by atoms with Crippen LogP contribution in [0.5, 0.6) is 0 Å². The van der Waals surface area contributed by atoms with Gasteiger partial charge in [0.15, 0.2) is 0 Å². The van der Waals surface area contributed by atoms with E-state index in [1.807, 2.05) is 78.7 Å². The number of hydrogen-bond donors (Lipinski definition) is 1. The fraction of sp³-hybridized carbons (Fsp3) is 0.355. The van der Waals surface area contributed by atoms with Gasteiger partial charge >= 0.3 is 0 Å². The summed E-state index contributed by atoms with van der Waals surface area (Å²) in [5.74, 6) is -0.0311. The first kappa shape index (κ1) is 28.2. The fourth-order valence-corrected chi connectivity index (χ4v) is 5.79. The van der Waals surface area contributed by atoms with Crippen LogP contribution in [-0.4, -0.2) is 47.8 Å². The van der Waals surface area contributed by atoms with Gasteiger partial charge in [0, 0.05) is 44.7 Å². The van der Waals surface area contributed by atoms with E-state index in [9.17, 15) is 9.59 Å². The number of carbonyl (C=O) groups is 2. The molecule has 0 aromatic heterocycles. The van der Waals surface area contributed by atoms with E-state index in [2.05, 4.69) is 29.3 Å². The zero-order valence-corrected chi connectivity index (χ0v) is 23.7. The van der Waals surface area contributed by atoms with E-state index in [1.165, 1.54) is 0 Å². The van der Waals surface area contributed by atoms with Crippen molar-refractivity contribution in [1.29, 1.82) is 0 Å². The molecule has 3 aromatic rings. The Hall–Kier alpha value is -2.86. The van der Waals surface area contributed by atoms with Gasteiger partial charge in [0.2, 0.25) is 5.91 Å². The van der Waals surface area contributed by atoms with Gasteiger partial charge in [-0.15, -0.1) is 0 Å². The van der Waals surface area contributed by atoms with E-state index in [0.29, 0.717) is 15.6 Å². The molecule has 0 bridgehead atoms. The summed E-state index contributed by atoms with van der Waals surface area (Å²) in [5, 5.41) is 4.30. The number of rotatable bonds is 8. The Balaban J connectivity index is 1.58. The van der Waals surface area contributed by atoms with Crippen LogP contribution in [0.25, 0.3) is 0 Å². The zero-order valence-electron chi connectivity index (χ0n) is 22.2. The van der Waals surface area contributed by atoms with Gasteiger partial charge in [-0.25, -0.2) is 0 Å². The predicted molar refractivity (Wildman–Crippen MR) is 155 cm³/mol. The van der Waals surface area contributed by atoms with Crippen LogP contribution in [0.3, 0.4) is 0 Å². The molecule has 2 unspecified atom stereocenters. The largest absolute Gasteiger partial charge is 0.347 e. The number of amides is 2. The highest BCUT2D eigenvalue weighted by Gasteiger charge is 2.39. The summed E-state index contributed by atoms with van der Waals surface area (Å²) in [5.41, 5.74) is 2.46. The molecule has 0 aliphatic carbocycles. The average molecular weight is 553 g/mol. The first-order chi connectivity index (χ1) is 18.2. The third-order valence-electron chi connectivity index (χ3n) is 7.73. The van der Waals surface area contributed by atoms with E-state index in [0.717, 1.165) is 43.5 Å². The Morgan fingerprint density at radius 2 is 1.55 bits per heavy atom. The second-order valence-corrected chi connectivity index (χ2v) is 11.0. The van der Waals surface area contributed by atoms with Gasteiger partial charge in [0.25, 0.3) is 5.91 Å². The number of likely N-dealkylation sites (tertiary alicyclic amines) is 1. The first-order valence-electron chi connectivity index (χ1n) is 13.1. The van der Waals surface area contributed by atoms with E-state index in [-0.39, 0.29) is 23.9 Å². The smallest absolute Gasteiger partial charge is 0.253 e. The van der Waals surface area contributed by atoms with Crippen LogP contribution in [0.1, 0.15) is 60.6 Å². The van der Waals surface area contributed by atoms with Crippen molar-refractivity contribution in [2.45, 2.75) is 50.7 Å². The lowest BCUT2D eigenvalue weighted by Gasteiger charge is -2.46. The molecule has 2 atom stereocenters. The van der Waals surface area contributed by atoms with Crippen molar-refractivity contribution < 1.29 is 9.59 Å².